The lowest BCUT2D eigenvalue weighted by molar-refractivity contribution is 0.0950. The van der Waals surface area contributed by atoms with E-state index in [1.807, 2.05) is 18.2 Å². The highest BCUT2D eigenvalue weighted by Gasteiger charge is 2.22. The molecule has 2 aliphatic rings. The molecule has 4 aromatic rings. The third kappa shape index (κ3) is 7.94. The Morgan fingerprint density at radius 2 is 2.00 bits per heavy atom. The first-order valence-electron chi connectivity index (χ1n) is 13.6. The van der Waals surface area contributed by atoms with E-state index < -0.39 is 0 Å². The number of thiazole rings is 1. The molecule has 8 nitrogen and oxygen atoms in total. The van der Waals surface area contributed by atoms with E-state index in [1.165, 1.54) is 69.5 Å². The number of hydrogen-bond donors (Lipinski definition) is 2. The number of carbonyl (C=O) groups excluding carboxylic acids is 1. The summed E-state index contributed by atoms with van der Waals surface area (Å²) in [6.45, 7) is 6.62. The van der Waals surface area contributed by atoms with Gasteiger partial charge in [0.25, 0.3) is 5.91 Å². The Hall–Kier alpha value is -2.66. The molecule has 2 fully saturated rings. The van der Waals surface area contributed by atoms with Crippen LogP contribution in [0.1, 0.15) is 60.9 Å². The Kier molecular flexibility index (Phi) is 9.73. The van der Waals surface area contributed by atoms with Crippen LogP contribution in [-0.4, -0.2) is 55.3 Å². The Balaban J connectivity index is 0.000000292. The molecule has 1 saturated heterocycles. The molecule has 1 aliphatic heterocycles. The van der Waals surface area contributed by atoms with E-state index in [1.54, 1.807) is 47.3 Å². The number of aromatic nitrogens is 4. The van der Waals surface area contributed by atoms with E-state index in [-0.39, 0.29) is 5.91 Å². The number of nitrogens with one attached hydrogen (secondary N) is 2. The Labute approximate surface area is 242 Å². The molecule has 0 atom stereocenters. The van der Waals surface area contributed by atoms with E-state index in [2.05, 4.69) is 36.9 Å². The number of hydrogen-bond acceptors (Lipinski definition) is 8. The molecule has 206 valence electrons. The van der Waals surface area contributed by atoms with E-state index in [0.717, 1.165) is 27.3 Å². The number of halogens is 1. The van der Waals surface area contributed by atoms with Crippen molar-refractivity contribution in [3.05, 3.63) is 64.8 Å². The van der Waals surface area contributed by atoms with Gasteiger partial charge < -0.3 is 14.9 Å². The molecule has 0 aromatic carbocycles. The molecule has 1 amide bonds. The van der Waals surface area contributed by atoms with Crippen molar-refractivity contribution in [2.45, 2.75) is 57.2 Å². The second-order valence-corrected chi connectivity index (χ2v) is 12.4. The molecule has 1 saturated carbocycles. The third-order valence-electron chi connectivity index (χ3n) is 6.55. The number of likely N-dealkylation sites (tertiary alicyclic amines) is 1. The Morgan fingerprint density at radius 3 is 2.79 bits per heavy atom. The summed E-state index contributed by atoms with van der Waals surface area (Å²) in [5, 5.41) is 8.96. The molecule has 0 radical (unpaired) electrons. The maximum absolute atomic E-state index is 12.6. The van der Waals surface area contributed by atoms with Crippen molar-refractivity contribution in [3.8, 4) is 10.4 Å². The van der Waals surface area contributed by atoms with Gasteiger partial charge in [0.2, 0.25) is 0 Å². The van der Waals surface area contributed by atoms with Gasteiger partial charge in [0.15, 0.2) is 5.01 Å². The number of nitrogens with zero attached hydrogens (tertiary/aromatic N) is 5. The van der Waals surface area contributed by atoms with Crippen molar-refractivity contribution >= 4 is 52.0 Å². The van der Waals surface area contributed by atoms with E-state index in [0.29, 0.717) is 21.8 Å². The van der Waals surface area contributed by atoms with Crippen LogP contribution in [-0.2, 0) is 6.54 Å². The van der Waals surface area contributed by atoms with E-state index in [4.69, 9.17) is 11.6 Å². The Morgan fingerprint density at radius 1 is 1.15 bits per heavy atom. The second-order valence-electron chi connectivity index (χ2n) is 9.80. The summed E-state index contributed by atoms with van der Waals surface area (Å²) in [5.41, 5.74) is 3.55. The molecule has 0 unspecified atom stereocenters. The van der Waals surface area contributed by atoms with Crippen molar-refractivity contribution in [2.75, 3.05) is 24.4 Å². The number of carbonyl (C=O) groups is 1. The summed E-state index contributed by atoms with van der Waals surface area (Å²) in [6, 6.07) is 7.50. The number of rotatable bonds is 9. The number of anilines is 1. The number of pyridine rings is 2. The maximum atomic E-state index is 12.6. The van der Waals surface area contributed by atoms with Gasteiger partial charge in [0.1, 0.15) is 0 Å². The van der Waals surface area contributed by atoms with Gasteiger partial charge in [-0.3, -0.25) is 9.78 Å². The largest absolute Gasteiger partial charge is 0.344 e. The topological polar surface area (TPSA) is 87.5 Å². The molecule has 2 N–H and O–H groups in total. The van der Waals surface area contributed by atoms with Crippen LogP contribution in [0.5, 0.6) is 0 Å². The first kappa shape index (κ1) is 27.9. The number of amides is 1. The Bertz CT molecular complexity index is 1380. The molecular weight excluding hydrogens is 550 g/mol. The lowest BCUT2D eigenvalue weighted by atomic mass is 10.1. The van der Waals surface area contributed by atoms with Gasteiger partial charge in [-0.15, -0.1) is 11.3 Å². The van der Waals surface area contributed by atoms with E-state index in [9.17, 15) is 4.79 Å². The summed E-state index contributed by atoms with van der Waals surface area (Å²) in [6.07, 6.45) is 15.2. The standard InChI is InChI=1S/C20H17ClN6OS2.C8H17N/c21-12-4-6-27-17(7-12)16(10-25-27)18-11-24-20(29-18)19(28)23-9-14-8-13(3-5-22-14)26-30-15-1-2-15;1-2-6-9-7-4-3-5-8-9/h3-8,10-11,15H,1-2,9H2,(H,22,26)(H,23,28);2-8H2,1H3. The van der Waals surface area contributed by atoms with Crippen LogP contribution in [0, 0.1) is 0 Å². The van der Waals surface area contributed by atoms with Crippen LogP contribution in [0.2, 0.25) is 5.02 Å². The number of fused-ring (bicyclic) bond motifs is 1. The van der Waals surface area contributed by atoms with Crippen LogP contribution in [0.25, 0.3) is 16.0 Å². The van der Waals surface area contributed by atoms with Gasteiger partial charge in [-0.05, 0) is 88.0 Å². The molecule has 0 spiro atoms. The van der Waals surface area contributed by atoms with Gasteiger partial charge in [-0.25, -0.2) is 9.50 Å². The lowest BCUT2D eigenvalue weighted by Crippen LogP contribution is -2.30. The highest BCUT2D eigenvalue weighted by molar-refractivity contribution is 8.01. The third-order valence-corrected chi connectivity index (χ3v) is 8.97. The predicted octanol–water partition coefficient (Wildman–Crippen LogP) is 6.54. The zero-order chi connectivity index (χ0) is 27.0. The number of piperidine rings is 1. The molecular formula is C28H34ClN7OS2. The van der Waals surface area contributed by atoms with Gasteiger partial charge in [0, 0.05) is 40.1 Å². The summed E-state index contributed by atoms with van der Waals surface area (Å²) in [4.78, 5) is 24.6. The fourth-order valence-corrected chi connectivity index (χ4v) is 6.18. The second kappa shape index (κ2) is 13.6. The van der Waals surface area contributed by atoms with Crippen molar-refractivity contribution in [2.24, 2.45) is 0 Å². The summed E-state index contributed by atoms with van der Waals surface area (Å²) in [7, 11) is 0. The van der Waals surface area contributed by atoms with Crippen molar-refractivity contribution in [1.82, 2.24) is 29.8 Å². The average Bonchev–Trinajstić information content (AvgIpc) is 3.50. The minimum Gasteiger partial charge on any atom is -0.344 e. The zero-order valence-electron chi connectivity index (χ0n) is 22.1. The highest BCUT2D eigenvalue weighted by Crippen LogP contribution is 2.34. The monoisotopic (exact) mass is 583 g/mol. The van der Waals surface area contributed by atoms with Crippen LogP contribution in [0.4, 0.5) is 5.69 Å². The molecule has 1 aliphatic carbocycles. The van der Waals surface area contributed by atoms with Crippen molar-refractivity contribution < 1.29 is 4.79 Å². The summed E-state index contributed by atoms with van der Waals surface area (Å²) >= 11 is 9.17. The van der Waals surface area contributed by atoms with Gasteiger partial charge >= 0.3 is 0 Å². The highest BCUT2D eigenvalue weighted by atomic mass is 35.5. The lowest BCUT2D eigenvalue weighted by Gasteiger charge is -2.25. The van der Waals surface area contributed by atoms with Crippen LogP contribution >= 0.6 is 34.9 Å². The molecule has 4 aromatic heterocycles. The SMILES string of the molecule is CCCN1CCCCC1.O=C(NCc1cc(NSC2CC2)ccn1)c1ncc(-c2cnn3ccc(Cl)cc23)s1. The van der Waals surface area contributed by atoms with Crippen molar-refractivity contribution in [1.29, 1.82) is 0 Å². The molecule has 6 rings (SSSR count). The molecule has 5 heterocycles. The summed E-state index contributed by atoms with van der Waals surface area (Å²) < 4.78 is 5.09. The average molecular weight is 584 g/mol. The normalized spacial score (nSPS) is 15.5. The fourth-order valence-electron chi connectivity index (χ4n) is 4.37. The van der Waals surface area contributed by atoms with Crippen LogP contribution in [0.15, 0.2) is 49.1 Å². The van der Waals surface area contributed by atoms with Crippen molar-refractivity contribution in [3.63, 3.8) is 0 Å². The minimum absolute atomic E-state index is 0.228. The fraction of sp³-hybridized carbons (Fsp3) is 0.429. The van der Waals surface area contributed by atoms with Crippen LogP contribution < -0.4 is 10.0 Å². The van der Waals surface area contributed by atoms with Gasteiger partial charge in [-0.1, -0.05) is 24.9 Å². The van der Waals surface area contributed by atoms with Gasteiger partial charge in [-0.2, -0.15) is 5.10 Å². The quantitative estimate of drug-likeness (QED) is 0.216. The summed E-state index contributed by atoms with van der Waals surface area (Å²) in [5.74, 6) is -0.228. The van der Waals surface area contributed by atoms with Crippen LogP contribution in [0.3, 0.4) is 0 Å². The van der Waals surface area contributed by atoms with E-state index >= 15 is 0 Å². The minimum atomic E-state index is -0.228. The molecule has 11 heteroatoms. The van der Waals surface area contributed by atoms with Gasteiger partial charge in [0.05, 0.1) is 28.8 Å². The zero-order valence-corrected chi connectivity index (χ0v) is 24.5. The smallest absolute Gasteiger partial charge is 0.280 e. The molecule has 0 bridgehead atoms. The maximum Gasteiger partial charge on any atom is 0.280 e. The first-order valence-corrected chi connectivity index (χ1v) is 15.6. The predicted molar refractivity (Wildman–Crippen MR) is 162 cm³/mol. The first-order chi connectivity index (χ1) is 19.1. The molecule has 39 heavy (non-hydrogen) atoms.